The lowest BCUT2D eigenvalue weighted by Crippen LogP contribution is -2.26. The number of benzene rings is 1. The third kappa shape index (κ3) is 2.88. The van der Waals surface area contributed by atoms with E-state index in [2.05, 4.69) is 0 Å². The van der Waals surface area contributed by atoms with Crippen LogP contribution in [0.15, 0.2) is 41.2 Å². The zero-order valence-electron chi connectivity index (χ0n) is 10.9. The van der Waals surface area contributed by atoms with Crippen LogP contribution in [-0.2, 0) is 6.54 Å². The highest BCUT2D eigenvalue weighted by atomic mass is 16.5. The molecule has 5 heteroatoms. The summed E-state index contributed by atoms with van der Waals surface area (Å²) < 4.78 is 10.0. The van der Waals surface area contributed by atoms with Gasteiger partial charge in [0.1, 0.15) is 5.75 Å². The summed E-state index contributed by atoms with van der Waals surface area (Å²) in [7, 11) is 3.28. The number of anilines is 1. The highest BCUT2D eigenvalue weighted by Gasteiger charge is 2.15. The Balaban J connectivity index is 2.14. The highest BCUT2D eigenvalue weighted by Crippen LogP contribution is 2.21. The third-order valence-corrected chi connectivity index (χ3v) is 2.84. The molecule has 1 heterocycles. The van der Waals surface area contributed by atoms with Crippen molar-refractivity contribution in [3.05, 3.63) is 47.9 Å². The smallest absolute Gasteiger partial charge is 0.255 e. The van der Waals surface area contributed by atoms with E-state index < -0.39 is 0 Å². The van der Waals surface area contributed by atoms with E-state index in [9.17, 15) is 4.79 Å². The number of carbonyl (C=O) groups is 1. The van der Waals surface area contributed by atoms with Gasteiger partial charge in [-0.1, -0.05) is 0 Å². The molecule has 0 aliphatic rings. The molecule has 19 heavy (non-hydrogen) atoms. The molecule has 1 aromatic carbocycles. The number of ether oxygens (including phenoxy) is 1. The molecular formula is C14H16N2O3. The molecule has 0 fully saturated rings. The first kappa shape index (κ1) is 13.0. The molecule has 0 atom stereocenters. The molecule has 0 radical (unpaired) electrons. The summed E-state index contributed by atoms with van der Waals surface area (Å²) in [5.41, 5.74) is 7.67. The van der Waals surface area contributed by atoms with Crippen molar-refractivity contribution in [2.24, 2.45) is 0 Å². The number of nitrogens with zero attached hydrogens (tertiary/aromatic N) is 1. The Morgan fingerprint density at radius 1 is 1.42 bits per heavy atom. The summed E-state index contributed by atoms with van der Waals surface area (Å²) in [6, 6.07) is 6.84. The molecule has 0 spiro atoms. The molecular weight excluding hydrogens is 244 g/mol. The predicted molar refractivity (Wildman–Crippen MR) is 71.9 cm³/mol. The van der Waals surface area contributed by atoms with Crippen LogP contribution in [-0.4, -0.2) is 25.0 Å². The Labute approximate surface area is 111 Å². The summed E-state index contributed by atoms with van der Waals surface area (Å²) in [5, 5.41) is 0. The lowest BCUT2D eigenvalue weighted by Gasteiger charge is -2.17. The van der Waals surface area contributed by atoms with E-state index in [1.165, 1.54) is 0 Å². The molecule has 2 N–H and O–H groups in total. The number of nitrogen functional groups attached to an aromatic ring is 1. The minimum Gasteiger partial charge on any atom is -0.497 e. The van der Waals surface area contributed by atoms with Gasteiger partial charge in [0.2, 0.25) is 0 Å². The van der Waals surface area contributed by atoms with Crippen molar-refractivity contribution in [1.82, 2.24) is 4.90 Å². The van der Waals surface area contributed by atoms with Crippen LogP contribution in [0.5, 0.6) is 5.75 Å². The number of amides is 1. The van der Waals surface area contributed by atoms with Crippen molar-refractivity contribution < 1.29 is 13.9 Å². The number of nitrogens with two attached hydrogens (primary N) is 1. The lowest BCUT2D eigenvalue weighted by atomic mass is 10.1. The van der Waals surface area contributed by atoms with Gasteiger partial charge < -0.3 is 19.8 Å². The largest absolute Gasteiger partial charge is 0.497 e. The van der Waals surface area contributed by atoms with Gasteiger partial charge in [-0.2, -0.15) is 0 Å². The molecule has 1 amide bonds. The normalized spacial score (nSPS) is 10.2. The molecule has 0 bridgehead atoms. The molecule has 100 valence electrons. The molecule has 0 saturated heterocycles. The van der Waals surface area contributed by atoms with Crippen LogP contribution < -0.4 is 10.5 Å². The van der Waals surface area contributed by atoms with Crippen molar-refractivity contribution in [1.29, 1.82) is 0 Å². The maximum Gasteiger partial charge on any atom is 0.255 e. The molecule has 5 nitrogen and oxygen atoms in total. The predicted octanol–water partition coefficient (Wildman–Crippen LogP) is 2.14. The molecule has 0 aliphatic heterocycles. The van der Waals surface area contributed by atoms with E-state index in [-0.39, 0.29) is 5.91 Å². The first-order valence-electron chi connectivity index (χ1n) is 5.82. The average Bonchev–Trinajstić information content (AvgIpc) is 2.90. The number of furan rings is 1. The standard InChI is InChI=1S/C14H16N2O3/c1-16(8-10-5-6-19-9-10)14(17)12-4-3-11(18-2)7-13(12)15/h3-7,9H,8,15H2,1-2H3. The summed E-state index contributed by atoms with van der Waals surface area (Å²) in [5.74, 6) is 0.493. The van der Waals surface area contributed by atoms with Gasteiger partial charge in [0.05, 0.1) is 25.2 Å². The minimum absolute atomic E-state index is 0.138. The van der Waals surface area contributed by atoms with Gasteiger partial charge in [-0.3, -0.25) is 4.79 Å². The second-order valence-electron chi connectivity index (χ2n) is 4.25. The van der Waals surface area contributed by atoms with Gasteiger partial charge in [0.15, 0.2) is 0 Å². The van der Waals surface area contributed by atoms with E-state index in [1.807, 2.05) is 6.07 Å². The van der Waals surface area contributed by atoms with E-state index in [4.69, 9.17) is 14.9 Å². The second kappa shape index (κ2) is 5.48. The molecule has 2 rings (SSSR count). The number of carbonyl (C=O) groups excluding carboxylic acids is 1. The molecule has 0 unspecified atom stereocenters. The van der Waals surface area contributed by atoms with E-state index >= 15 is 0 Å². The van der Waals surface area contributed by atoms with Gasteiger partial charge in [-0.25, -0.2) is 0 Å². The fourth-order valence-corrected chi connectivity index (χ4v) is 1.80. The number of hydrogen-bond donors (Lipinski definition) is 1. The molecule has 0 saturated carbocycles. The maximum absolute atomic E-state index is 12.3. The van der Waals surface area contributed by atoms with E-state index in [0.29, 0.717) is 23.5 Å². The van der Waals surface area contributed by atoms with Gasteiger partial charge in [0, 0.05) is 30.9 Å². The Morgan fingerprint density at radius 2 is 2.21 bits per heavy atom. The van der Waals surface area contributed by atoms with Crippen LogP contribution >= 0.6 is 0 Å². The van der Waals surface area contributed by atoms with Crippen molar-refractivity contribution in [3.63, 3.8) is 0 Å². The lowest BCUT2D eigenvalue weighted by molar-refractivity contribution is 0.0786. The van der Waals surface area contributed by atoms with Crippen molar-refractivity contribution in [3.8, 4) is 5.75 Å². The summed E-state index contributed by atoms with van der Waals surface area (Å²) in [6.45, 7) is 0.473. The monoisotopic (exact) mass is 260 g/mol. The number of hydrogen-bond acceptors (Lipinski definition) is 4. The van der Waals surface area contributed by atoms with E-state index in [1.54, 1.807) is 49.8 Å². The number of methoxy groups -OCH3 is 1. The van der Waals surface area contributed by atoms with Crippen LogP contribution in [0.2, 0.25) is 0 Å². The van der Waals surface area contributed by atoms with E-state index in [0.717, 1.165) is 5.56 Å². The summed E-state index contributed by atoms with van der Waals surface area (Å²) in [4.78, 5) is 13.9. The topological polar surface area (TPSA) is 68.7 Å². The molecule has 1 aromatic heterocycles. The summed E-state index contributed by atoms with van der Waals surface area (Å²) >= 11 is 0. The van der Waals surface area contributed by atoms with Crippen LogP contribution in [0.4, 0.5) is 5.69 Å². The van der Waals surface area contributed by atoms with Crippen molar-refractivity contribution >= 4 is 11.6 Å². The highest BCUT2D eigenvalue weighted by molar-refractivity contribution is 5.99. The zero-order chi connectivity index (χ0) is 13.8. The zero-order valence-corrected chi connectivity index (χ0v) is 10.9. The van der Waals surface area contributed by atoms with Crippen LogP contribution in [0.1, 0.15) is 15.9 Å². The first-order chi connectivity index (χ1) is 9.11. The van der Waals surface area contributed by atoms with Crippen LogP contribution in [0.3, 0.4) is 0 Å². The minimum atomic E-state index is -0.138. The van der Waals surface area contributed by atoms with Crippen molar-refractivity contribution in [2.45, 2.75) is 6.54 Å². The Kier molecular flexibility index (Phi) is 3.75. The van der Waals surface area contributed by atoms with Gasteiger partial charge in [-0.05, 0) is 18.2 Å². The third-order valence-electron chi connectivity index (χ3n) is 2.84. The Hall–Kier alpha value is -2.43. The van der Waals surface area contributed by atoms with Crippen molar-refractivity contribution in [2.75, 3.05) is 19.9 Å². The van der Waals surface area contributed by atoms with Gasteiger partial charge in [0.25, 0.3) is 5.91 Å². The fourth-order valence-electron chi connectivity index (χ4n) is 1.80. The quantitative estimate of drug-likeness (QED) is 0.855. The Bertz CT molecular complexity index is 564. The van der Waals surface area contributed by atoms with Gasteiger partial charge >= 0.3 is 0 Å². The Morgan fingerprint density at radius 3 is 2.79 bits per heavy atom. The summed E-state index contributed by atoms with van der Waals surface area (Å²) in [6.07, 6.45) is 3.19. The number of rotatable bonds is 4. The SMILES string of the molecule is COc1ccc(C(=O)N(C)Cc2ccoc2)c(N)c1. The molecule has 0 aliphatic carbocycles. The fraction of sp³-hybridized carbons (Fsp3) is 0.214. The van der Waals surface area contributed by atoms with Crippen LogP contribution in [0.25, 0.3) is 0 Å². The van der Waals surface area contributed by atoms with Crippen LogP contribution in [0, 0.1) is 0 Å². The molecule has 2 aromatic rings. The average molecular weight is 260 g/mol. The first-order valence-corrected chi connectivity index (χ1v) is 5.82. The van der Waals surface area contributed by atoms with Gasteiger partial charge in [-0.15, -0.1) is 0 Å². The maximum atomic E-state index is 12.3. The second-order valence-corrected chi connectivity index (χ2v) is 4.25.